The number of rotatable bonds is 9. The van der Waals surface area contributed by atoms with Crippen LogP contribution in [0.15, 0.2) is 18.2 Å². The summed E-state index contributed by atoms with van der Waals surface area (Å²) in [6, 6.07) is 3.63. The van der Waals surface area contributed by atoms with Crippen LogP contribution in [-0.4, -0.2) is 60.6 Å². The molecule has 9 heteroatoms. The van der Waals surface area contributed by atoms with E-state index >= 15 is 0 Å². The first kappa shape index (κ1) is 27.9. The summed E-state index contributed by atoms with van der Waals surface area (Å²) in [5, 5.41) is 5.22. The molecule has 184 valence electrons. The molecule has 0 saturated heterocycles. The summed E-state index contributed by atoms with van der Waals surface area (Å²) >= 11 is 0. The van der Waals surface area contributed by atoms with Crippen LogP contribution >= 0.6 is 0 Å². The molecule has 0 bridgehead atoms. The highest BCUT2D eigenvalue weighted by molar-refractivity contribution is 5.91. The maximum Gasteiger partial charge on any atom is 0.408 e. The number of carbonyl (C=O) groups is 4. The van der Waals surface area contributed by atoms with Crippen LogP contribution in [0, 0.1) is 13.8 Å². The Balaban J connectivity index is 3.05. The Hall–Kier alpha value is -3.10. The third-order valence-corrected chi connectivity index (χ3v) is 4.87. The topological polar surface area (TPSA) is 114 Å². The Kier molecular flexibility index (Phi) is 10.3. The number of hydrogen-bond donors (Lipinski definition) is 2. The number of nitrogens with one attached hydrogen (secondary N) is 2. The fourth-order valence-electron chi connectivity index (χ4n) is 3.08. The summed E-state index contributed by atoms with van der Waals surface area (Å²) in [6.07, 6.45) is -0.702. The van der Waals surface area contributed by atoms with Crippen molar-refractivity contribution in [3.63, 3.8) is 0 Å². The van der Waals surface area contributed by atoms with Gasteiger partial charge in [0, 0.05) is 13.6 Å². The van der Waals surface area contributed by atoms with E-state index in [0.717, 1.165) is 11.1 Å². The van der Waals surface area contributed by atoms with Gasteiger partial charge in [0.25, 0.3) is 0 Å². The van der Waals surface area contributed by atoms with E-state index in [-0.39, 0.29) is 19.6 Å². The van der Waals surface area contributed by atoms with Gasteiger partial charge in [-0.2, -0.15) is 0 Å². The summed E-state index contributed by atoms with van der Waals surface area (Å²) in [7, 11) is 1.50. The second kappa shape index (κ2) is 12.2. The average Bonchev–Trinajstić information content (AvgIpc) is 2.68. The van der Waals surface area contributed by atoms with E-state index in [0.29, 0.717) is 5.56 Å². The van der Waals surface area contributed by atoms with Crippen LogP contribution in [0.5, 0.6) is 0 Å². The number of ether oxygens (including phenoxy) is 2. The molecule has 0 radical (unpaired) electrons. The number of amides is 3. The molecule has 3 amide bonds. The third-order valence-electron chi connectivity index (χ3n) is 4.87. The number of aryl methyl sites for hydroxylation is 2. The maximum absolute atomic E-state index is 13.1. The molecule has 0 spiro atoms. The first-order valence-electron chi connectivity index (χ1n) is 11.0. The summed E-state index contributed by atoms with van der Waals surface area (Å²) in [5.41, 5.74) is 1.93. The van der Waals surface area contributed by atoms with Crippen molar-refractivity contribution in [2.24, 2.45) is 0 Å². The van der Waals surface area contributed by atoms with Crippen LogP contribution in [0.2, 0.25) is 0 Å². The molecule has 9 nitrogen and oxygen atoms in total. The van der Waals surface area contributed by atoms with E-state index in [1.165, 1.54) is 18.9 Å². The predicted molar refractivity (Wildman–Crippen MR) is 125 cm³/mol. The summed E-state index contributed by atoms with van der Waals surface area (Å²) in [5.74, 6) is -1.33. The van der Waals surface area contributed by atoms with Gasteiger partial charge in [0.15, 0.2) is 0 Å². The van der Waals surface area contributed by atoms with Gasteiger partial charge < -0.3 is 25.0 Å². The zero-order valence-electron chi connectivity index (χ0n) is 20.9. The van der Waals surface area contributed by atoms with E-state index in [1.54, 1.807) is 33.8 Å². The van der Waals surface area contributed by atoms with Crippen molar-refractivity contribution in [3.05, 3.63) is 34.9 Å². The van der Waals surface area contributed by atoms with Crippen molar-refractivity contribution >= 4 is 23.9 Å². The van der Waals surface area contributed by atoms with Gasteiger partial charge in [-0.15, -0.1) is 0 Å². The lowest BCUT2D eigenvalue weighted by Gasteiger charge is -2.30. The average molecular weight is 464 g/mol. The Morgan fingerprint density at radius 3 is 2.27 bits per heavy atom. The number of nitrogens with zero attached hydrogens (tertiary/aromatic N) is 1. The van der Waals surface area contributed by atoms with Crippen LogP contribution in [-0.2, 0) is 23.9 Å². The minimum Gasteiger partial charge on any atom is -0.466 e. The van der Waals surface area contributed by atoms with Gasteiger partial charge >= 0.3 is 12.1 Å². The number of esters is 1. The van der Waals surface area contributed by atoms with Crippen LogP contribution < -0.4 is 10.6 Å². The van der Waals surface area contributed by atoms with Gasteiger partial charge in [0.1, 0.15) is 17.7 Å². The number of alkyl carbamates (subject to hydrolysis) is 1. The largest absolute Gasteiger partial charge is 0.466 e. The molecule has 2 N–H and O–H groups in total. The fraction of sp³-hybridized carbons (Fsp3) is 0.583. The van der Waals surface area contributed by atoms with Crippen molar-refractivity contribution in [1.29, 1.82) is 0 Å². The summed E-state index contributed by atoms with van der Waals surface area (Å²) in [4.78, 5) is 51.1. The molecule has 0 heterocycles. The SMILES string of the molecule is CCOC(=O)CCNC(=O)C(c1ccc(C)c(C)c1)N(C)C(=O)C(C)NC(=O)OC(C)(C)C. The molecule has 0 aliphatic rings. The van der Waals surface area contributed by atoms with E-state index in [1.807, 2.05) is 26.0 Å². The fourth-order valence-corrected chi connectivity index (χ4v) is 3.08. The number of benzene rings is 1. The normalized spacial score (nSPS) is 12.8. The lowest BCUT2D eigenvalue weighted by atomic mass is 9.99. The second-order valence-electron chi connectivity index (χ2n) is 8.91. The monoisotopic (exact) mass is 463 g/mol. The molecule has 0 aliphatic carbocycles. The Labute approximate surface area is 196 Å². The minimum atomic E-state index is -0.957. The van der Waals surface area contributed by atoms with Crippen LogP contribution in [0.25, 0.3) is 0 Å². The van der Waals surface area contributed by atoms with E-state index in [9.17, 15) is 19.2 Å². The van der Waals surface area contributed by atoms with Gasteiger partial charge in [0.05, 0.1) is 13.0 Å². The lowest BCUT2D eigenvalue weighted by Crippen LogP contribution is -2.50. The zero-order chi connectivity index (χ0) is 25.3. The van der Waals surface area contributed by atoms with Gasteiger partial charge in [-0.05, 0) is 65.2 Å². The Morgan fingerprint density at radius 2 is 1.73 bits per heavy atom. The number of hydrogen-bond acceptors (Lipinski definition) is 6. The van der Waals surface area contributed by atoms with Gasteiger partial charge in [-0.3, -0.25) is 14.4 Å². The Bertz CT molecular complexity index is 862. The zero-order valence-corrected chi connectivity index (χ0v) is 20.9. The van der Waals surface area contributed by atoms with Crippen molar-refractivity contribution in [1.82, 2.24) is 15.5 Å². The second-order valence-corrected chi connectivity index (χ2v) is 8.91. The maximum atomic E-state index is 13.1. The number of carbonyl (C=O) groups excluding carboxylic acids is 4. The van der Waals surface area contributed by atoms with Crippen LogP contribution in [0.4, 0.5) is 4.79 Å². The Morgan fingerprint density at radius 1 is 1.09 bits per heavy atom. The van der Waals surface area contributed by atoms with E-state index in [2.05, 4.69) is 10.6 Å². The molecule has 2 unspecified atom stereocenters. The number of likely N-dealkylation sites (N-methyl/N-ethyl adjacent to an activating group) is 1. The highest BCUT2D eigenvalue weighted by Crippen LogP contribution is 2.23. The first-order valence-corrected chi connectivity index (χ1v) is 11.0. The molecule has 0 fully saturated rings. The molecule has 1 aromatic carbocycles. The molecule has 33 heavy (non-hydrogen) atoms. The summed E-state index contributed by atoms with van der Waals surface area (Å²) < 4.78 is 10.1. The molecule has 0 aliphatic heterocycles. The van der Waals surface area contributed by atoms with E-state index in [4.69, 9.17) is 9.47 Å². The quantitative estimate of drug-likeness (QED) is 0.545. The van der Waals surface area contributed by atoms with Gasteiger partial charge in [-0.1, -0.05) is 18.2 Å². The highest BCUT2D eigenvalue weighted by Gasteiger charge is 2.32. The predicted octanol–water partition coefficient (Wildman–Crippen LogP) is 2.79. The van der Waals surface area contributed by atoms with Crippen LogP contribution in [0.3, 0.4) is 0 Å². The third kappa shape index (κ3) is 9.11. The molecule has 0 saturated carbocycles. The molecule has 1 rings (SSSR count). The molecular weight excluding hydrogens is 426 g/mol. The van der Waals surface area contributed by atoms with Crippen molar-refractivity contribution in [2.75, 3.05) is 20.2 Å². The minimum absolute atomic E-state index is 0.0213. The molecule has 1 aromatic rings. The van der Waals surface area contributed by atoms with Crippen molar-refractivity contribution in [2.45, 2.75) is 72.6 Å². The molecule has 2 atom stereocenters. The standard InChI is InChI=1S/C24H37N3O6/c1-9-32-19(28)12-13-25-21(29)20(18-11-10-15(2)16(3)14-18)27(8)22(30)17(4)26-23(31)33-24(5,6)7/h10-11,14,17,20H,9,12-13H2,1-8H3,(H,25,29)(H,26,31). The smallest absolute Gasteiger partial charge is 0.408 e. The van der Waals surface area contributed by atoms with Crippen molar-refractivity contribution < 1.29 is 28.7 Å². The lowest BCUT2D eigenvalue weighted by molar-refractivity contribution is -0.143. The van der Waals surface area contributed by atoms with Crippen molar-refractivity contribution in [3.8, 4) is 0 Å². The van der Waals surface area contributed by atoms with Gasteiger partial charge in [-0.25, -0.2) is 4.79 Å². The first-order chi connectivity index (χ1) is 15.3. The highest BCUT2D eigenvalue weighted by atomic mass is 16.6. The molecular formula is C24H37N3O6. The summed E-state index contributed by atoms with van der Waals surface area (Å²) in [6.45, 7) is 12.6. The molecule has 0 aromatic heterocycles. The van der Waals surface area contributed by atoms with E-state index < -0.39 is 41.6 Å². The van der Waals surface area contributed by atoms with Gasteiger partial charge in [0.2, 0.25) is 11.8 Å². The van der Waals surface area contributed by atoms with Crippen LogP contribution in [0.1, 0.15) is 63.8 Å².